The average Bonchev–Trinajstić information content (AvgIpc) is 2.27. The molecule has 1 N–H and O–H groups in total. The summed E-state index contributed by atoms with van der Waals surface area (Å²) < 4.78 is 6.11. The number of hydrogen-bond donors (Lipinski definition) is 1. The second-order valence-corrected chi connectivity index (χ2v) is 5.08. The second-order valence-electron chi connectivity index (χ2n) is 3.61. The van der Waals surface area contributed by atoms with Crippen LogP contribution in [0.4, 0.5) is 0 Å². The van der Waals surface area contributed by atoms with E-state index in [1.807, 2.05) is 18.2 Å². The number of benzene rings is 1. The highest BCUT2D eigenvalue weighted by atomic mass is 79.9. The van der Waals surface area contributed by atoms with Crippen molar-refractivity contribution in [3.8, 4) is 0 Å². The Labute approximate surface area is 110 Å². The molecule has 0 heterocycles. The summed E-state index contributed by atoms with van der Waals surface area (Å²) in [6.45, 7) is 2.37. The molecule has 1 rings (SSSR count). The van der Waals surface area contributed by atoms with Crippen LogP contribution in [-0.4, -0.2) is 25.6 Å². The van der Waals surface area contributed by atoms with E-state index in [9.17, 15) is 0 Å². The fourth-order valence-corrected chi connectivity index (χ4v) is 2.05. The molecule has 2 nitrogen and oxygen atoms in total. The number of halogens is 2. The van der Waals surface area contributed by atoms with Gasteiger partial charge >= 0.3 is 0 Å². The van der Waals surface area contributed by atoms with E-state index < -0.39 is 0 Å². The predicted octanol–water partition coefficient (Wildman–Crippen LogP) is 3.18. The van der Waals surface area contributed by atoms with Crippen LogP contribution in [0.1, 0.15) is 12.0 Å². The van der Waals surface area contributed by atoms with Crippen LogP contribution in [0.15, 0.2) is 28.7 Å². The predicted molar refractivity (Wildman–Crippen MR) is 72.0 cm³/mol. The first kappa shape index (κ1) is 14.0. The van der Waals surface area contributed by atoms with Gasteiger partial charge in [-0.2, -0.15) is 0 Å². The van der Waals surface area contributed by atoms with Crippen LogP contribution >= 0.6 is 27.5 Å². The minimum absolute atomic E-state index is 0.0942. The monoisotopic (exact) mass is 305 g/mol. The molecule has 16 heavy (non-hydrogen) atoms. The zero-order valence-electron chi connectivity index (χ0n) is 9.38. The maximum absolute atomic E-state index is 6.02. The summed E-state index contributed by atoms with van der Waals surface area (Å²) >= 11 is 9.54. The Morgan fingerprint density at radius 2 is 2.19 bits per heavy atom. The summed E-state index contributed by atoms with van der Waals surface area (Å²) in [5.74, 6) is 0. The van der Waals surface area contributed by atoms with Crippen molar-refractivity contribution in [2.45, 2.75) is 18.3 Å². The minimum atomic E-state index is 0.0942. The molecule has 1 atom stereocenters. The van der Waals surface area contributed by atoms with Gasteiger partial charge in [-0.05, 0) is 24.6 Å². The van der Waals surface area contributed by atoms with Crippen molar-refractivity contribution in [3.05, 3.63) is 34.3 Å². The van der Waals surface area contributed by atoms with Crippen molar-refractivity contribution in [3.63, 3.8) is 0 Å². The largest absolute Gasteiger partial charge is 0.383 e. The van der Waals surface area contributed by atoms with Gasteiger partial charge in [-0.15, -0.1) is 11.6 Å². The SMILES string of the molecule is COCC(Cl)CCNCc1ccccc1Br. The third-order valence-electron chi connectivity index (χ3n) is 2.26. The first-order valence-electron chi connectivity index (χ1n) is 5.31. The summed E-state index contributed by atoms with van der Waals surface area (Å²) in [5, 5.41) is 3.46. The van der Waals surface area contributed by atoms with Gasteiger partial charge in [0.1, 0.15) is 0 Å². The van der Waals surface area contributed by atoms with Crippen molar-refractivity contribution in [2.24, 2.45) is 0 Å². The molecular weight excluding hydrogens is 289 g/mol. The lowest BCUT2D eigenvalue weighted by Gasteiger charge is -2.09. The van der Waals surface area contributed by atoms with E-state index in [-0.39, 0.29) is 5.38 Å². The standard InChI is InChI=1S/C12H17BrClNO/c1-16-9-11(14)6-7-15-8-10-4-2-3-5-12(10)13/h2-5,11,15H,6-9H2,1H3. The van der Waals surface area contributed by atoms with Gasteiger partial charge in [0, 0.05) is 18.1 Å². The first-order valence-corrected chi connectivity index (χ1v) is 6.54. The molecule has 1 aromatic rings. The van der Waals surface area contributed by atoms with Gasteiger partial charge in [-0.1, -0.05) is 34.1 Å². The van der Waals surface area contributed by atoms with Gasteiger partial charge in [0.25, 0.3) is 0 Å². The van der Waals surface area contributed by atoms with E-state index in [1.54, 1.807) is 7.11 Å². The first-order chi connectivity index (χ1) is 7.74. The molecule has 0 fully saturated rings. The summed E-state index contributed by atoms with van der Waals surface area (Å²) in [5.41, 5.74) is 1.26. The molecule has 0 radical (unpaired) electrons. The quantitative estimate of drug-likeness (QED) is 0.617. The molecule has 1 aromatic carbocycles. The van der Waals surface area contributed by atoms with Crippen LogP contribution < -0.4 is 5.32 Å². The lowest BCUT2D eigenvalue weighted by atomic mass is 10.2. The minimum Gasteiger partial charge on any atom is -0.383 e. The van der Waals surface area contributed by atoms with Crippen LogP contribution in [-0.2, 0) is 11.3 Å². The van der Waals surface area contributed by atoms with Gasteiger partial charge in [-0.25, -0.2) is 0 Å². The van der Waals surface area contributed by atoms with E-state index in [0.29, 0.717) is 6.61 Å². The van der Waals surface area contributed by atoms with Crippen molar-refractivity contribution < 1.29 is 4.74 Å². The Balaban J connectivity index is 2.19. The molecule has 0 saturated heterocycles. The summed E-state index contributed by atoms with van der Waals surface area (Å²) in [4.78, 5) is 0. The molecule has 0 aliphatic carbocycles. The van der Waals surface area contributed by atoms with E-state index in [1.165, 1.54) is 5.56 Å². The lowest BCUT2D eigenvalue weighted by Crippen LogP contribution is -2.20. The second kappa shape index (κ2) is 8.07. The molecule has 0 spiro atoms. The van der Waals surface area contributed by atoms with Crippen LogP contribution in [0, 0.1) is 0 Å². The van der Waals surface area contributed by atoms with Gasteiger partial charge in [-0.3, -0.25) is 0 Å². The molecule has 0 bridgehead atoms. The van der Waals surface area contributed by atoms with Crippen LogP contribution in [0.3, 0.4) is 0 Å². The Hall–Kier alpha value is -0.0900. The Morgan fingerprint density at radius 3 is 2.88 bits per heavy atom. The number of nitrogens with one attached hydrogen (secondary N) is 1. The highest BCUT2D eigenvalue weighted by molar-refractivity contribution is 9.10. The molecule has 0 aromatic heterocycles. The zero-order valence-corrected chi connectivity index (χ0v) is 11.7. The van der Waals surface area contributed by atoms with Gasteiger partial charge in [0.15, 0.2) is 0 Å². The van der Waals surface area contributed by atoms with E-state index >= 15 is 0 Å². The third-order valence-corrected chi connectivity index (χ3v) is 3.37. The molecule has 0 aliphatic heterocycles. The van der Waals surface area contributed by atoms with E-state index in [0.717, 1.165) is 24.0 Å². The average molecular weight is 307 g/mol. The molecule has 90 valence electrons. The zero-order chi connectivity index (χ0) is 11.8. The van der Waals surface area contributed by atoms with Gasteiger partial charge in [0.2, 0.25) is 0 Å². The summed E-state index contributed by atoms with van der Waals surface area (Å²) in [7, 11) is 1.67. The number of methoxy groups -OCH3 is 1. The van der Waals surface area contributed by atoms with Gasteiger partial charge in [0.05, 0.1) is 12.0 Å². The van der Waals surface area contributed by atoms with Crippen molar-refractivity contribution in [2.75, 3.05) is 20.3 Å². The van der Waals surface area contributed by atoms with Gasteiger partial charge < -0.3 is 10.1 Å². The molecular formula is C12H17BrClNO. The maximum atomic E-state index is 6.02. The molecule has 0 saturated carbocycles. The van der Waals surface area contributed by atoms with Crippen LogP contribution in [0.25, 0.3) is 0 Å². The highest BCUT2D eigenvalue weighted by Crippen LogP contribution is 2.15. The normalized spacial score (nSPS) is 12.7. The Bertz CT molecular complexity index is 309. The topological polar surface area (TPSA) is 21.3 Å². The Morgan fingerprint density at radius 1 is 1.44 bits per heavy atom. The fourth-order valence-electron chi connectivity index (χ4n) is 1.39. The fraction of sp³-hybridized carbons (Fsp3) is 0.500. The molecule has 0 aliphatic rings. The van der Waals surface area contributed by atoms with E-state index in [4.69, 9.17) is 16.3 Å². The Kier molecular flexibility index (Phi) is 7.05. The van der Waals surface area contributed by atoms with Crippen LogP contribution in [0.5, 0.6) is 0 Å². The molecule has 1 unspecified atom stereocenters. The van der Waals surface area contributed by atoms with E-state index in [2.05, 4.69) is 27.3 Å². The van der Waals surface area contributed by atoms with Crippen LogP contribution in [0.2, 0.25) is 0 Å². The number of rotatable bonds is 7. The lowest BCUT2D eigenvalue weighted by molar-refractivity contribution is 0.195. The van der Waals surface area contributed by atoms with Crippen molar-refractivity contribution >= 4 is 27.5 Å². The number of hydrogen-bond acceptors (Lipinski definition) is 2. The maximum Gasteiger partial charge on any atom is 0.0626 e. The summed E-state index contributed by atoms with van der Waals surface area (Å²) in [6, 6.07) is 8.20. The number of alkyl halides is 1. The third kappa shape index (κ3) is 5.30. The van der Waals surface area contributed by atoms with Crippen molar-refractivity contribution in [1.82, 2.24) is 5.32 Å². The molecule has 4 heteroatoms. The highest BCUT2D eigenvalue weighted by Gasteiger charge is 2.03. The molecule has 0 amide bonds. The smallest absolute Gasteiger partial charge is 0.0626 e. The number of ether oxygens (including phenoxy) is 1. The summed E-state index contributed by atoms with van der Waals surface area (Å²) in [6.07, 6.45) is 0.917. The van der Waals surface area contributed by atoms with Crippen molar-refractivity contribution in [1.29, 1.82) is 0 Å².